The van der Waals surface area contributed by atoms with Gasteiger partial charge in [0.25, 0.3) is 5.91 Å². The Labute approximate surface area is 212 Å². The van der Waals surface area contributed by atoms with Crippen LogP contribution in [0.4, 0.5) is 9.18 Å². The first-order valence-electron chi connectivity index (χ1n) is 11.7. The number of hydrogen-bond acceptors (Lipinski definition) is 6. The number of imidazole rings is 1. The summed E-state index contributed by atoms with van der Waals surface area (Å²) in [6.45, 7) is 1.78. The number of benzene rings is 1. The molecule has 4 heterocycles. The molecule has 0 saturated carbocycles. The molecule has 2 atom stereocenters. The van der Waals surface area contributed by atoms with Gasteiger partial charge in [-0.25, -0.2) is 14.2 Å². The summed E-state index contributed by atoms with van der Waals surface area (Å²) in [4.78, 5) is 32.5. The minimum atomic E-state index is -0.586. The van der Waals surface area contributed by atoms with Crippen molar-refractivity contribution in [1.82, 2.24) is 19.2 Å². The van der Waals surface area contributed by atoms with Gasteiger partial charge in [0.05, 0.1) is 43.9 Å². The second-order valence-electron chi connectivity index (χ2n) is 8.98. The second-order valence-corrected chi connectivity index (χ2v) is 9.42. The van der Waals surface area contributed by atoms with E-state index in [1.807, 2.05) is 4.40 Å². The molecule has 2 amide bonds. The lowest BCUT2D eigenvalue weighted by atomic mass is 10.0. The maximum Gasteiger partial charge on any atom is 0.409 e. The minimum absolute atomic E-state index is 0.211. The number of β-amino-alcohol motifs (C(OH)–C–C–N with tert-alkyl or cyclic N) is 1. The summed E-state index contributed by atoms with van der Waals surface area (Å²) in [7, 11) is 1.34. The van der Waals surface area contributed by atoms with Gasteiger partial charge in [-0.1, -0.05) is 11.6 Å². The summed E-state index contributed by atoms with van der Waals surface area (Å²) < 4.78 is 28.0. The van der Waals surface area contributed by atoms with E-state index < -0.39 is 18.0 Å². The van der Waals surface area contributed by atoms with E-state index in [4.69, 9.17) is 21.1 Å². The third kappa shape index (κ3) is 4.76. The molecule has 2 aromatic heterocycles. The van der Waals surface area contributed by atoms with Gasteiger partial charge in [-0.15, -0.1) is 0 Å². The van der Waals surface area contributed by atoms with Crippen molar-refractivity contribution in [1.29, 1.82) is 0 Å². The SMILES string of the molecule is COC(=O)N1CCO[C@@H](Cc2c(-c3ccc(C(=O)N4CC[C@H](O)C4)cc3F)nc3cc(Cl)ccn23)C1. The van der Waals surface area contributed by atoms with Crippen LogP contribution in [0.2, 0.25) is 5.02 Å². The average molecular weight is 517 g/mol. The number of likely N-dealkylation sites (tertiary alicyclic amines) is 1. The summed E-state index contributed by atoms with van der Waals surface area (Å²) in [5.41, 5.74) is 2.09. The molecule has 9 nitrogen and oxygen atoms in total. The Morgan fingerprint density at radius 1 is 1.22 bits per heavy atom. The van der Waals surface area contributed by atoms with Gasteiger partial charge in [-0.05, 0) is 30.7 Å². The van der Waals surface area contributed by atoms with E-state index in [1.54, 1.807) is 35.4 Å². The molecular weight excluding hydrogens is 491 g/mol. The zero-order chi connectivity index (χ0) is 25.4. The molecule has 3 aromatic rings. The maximum absolute atomic E-state index is 15.4. The van der Waals surface area contributed by atoms with Gasteiger partial charge in [0.15, 0.2) is 0 Å². The molecule has 0 bridgehead atoms. The summed E-state index contributed by atoms with van der Waals surface area (Å²) >= 11 is 6.18. The first-order chi connectivity index (χ1) is 17.3. The first-order valence-corrected chi connectivity index (χ1v) is 12.1. The van der Waals surface area contributed by atoms with Crippen molar-refractivity contribution >= 4 is 29.2 Å². The van der Waals surface area contributed by atoms with Gasteiger partial charge in [-0.2, -0.15) is 0 Å². The zero-order valence-electron chi connectivity index (χ0n) is 19.7. The van der Waals surface area contributed by atoms with Gasteiger partial charge in [0.2, 0.25) is 0 Å². The van der Waals surface area contributed by atoms with Crippen LogP contribution in [0.5, 0.6) is 0 Å². The van der Waals surface area contributed by atoms with Gasteiger partial charge in [0.1, 0.15) is 11.5 Å². The Morgan fingerprint density at radius 2 is 2.06 bits per heavy atom. The number of amides is 2. The lowest BCUT2D eigenvalue weighted by molar-refractivity contribution is -0.0241. The van der Waals surface area contributed by atoms with Crippen molar-refractivity contribution in [2.24, 2.45) is 0 Å². The van der Waals surface area contributed by atoms with Crippen LogP contribution in [-0.4, -0.2) is 88.4 Å². The van der Waals surface area contributed by atoms with Crippen molar-refractivity contribution in [3.05, 3.63) is 58.6 Å². The Morgan fingerprint density at radius 3 is 2.78 bits per heavy atom. The van der Waals surface area contributed by atoms with Crippen molar-refractivity contribution < 1.29 is 28.6 Å². The highest BCUT2D eigenvalue weighted by Gasteiger charge is 2.29. The third-order valence-electron chi connectivity index (χ3n) is 6.60. The second kappa shape index (κ2) is 10.0. The lowest BCUT2D eigenvalue weighted by Gasteiger charge is -2.32. The standard InChI is InChI=1S/C25H26ClFN4O5/c1-35-25(34)30-8-9-36-18(14-30)12-21-23(28-22-11-16(26)4-7-31(21)22)19-3-2-15(10-20(19)27)24(33)29-6-5-17(32)13-29/h2-4,7,10-11,17-18,32H,5-6,8-9,12-14H2,1H3/t17-,18-/m0/s1. The molecule has 2 aliphatic heterocycles. The number of carbonyl (C=O) groups excluding carboxylic acids is 2. The minimum Gasteiger partial charge on any atom is -0.453 e. The Hall–Kier alpha value is -3.21. The van der Waals surface area contributed by atoms with Crippen molar-refractivity contribution in [3.63, 3.8) is 0 Å². The molecule has 2 aliphatic rings. The lowest BCUT2D eigenvalue weighted by Crippen LogP contribution is -2.46. The monoisotopic (exact) mass is 516 g/mol. The van der Waals surface area contributed by atoms with Crippen LogP contribution in [0.3, 0.4) is 0 Å². The number of aromatic nitrogens is 2. The fourth-order valence-corrected chi connectivity index (χ4v) is 4.94. The van der Waals surface area contributed by atoms with E-state index in [0.29, 0.717) is 61.1 Å². The van der Waals surface area contributed by atoms with Crippen LogP contribution in [0.15, 0.2) is 36.5 Å². The van der Waals surface area contributed by atoms with Crippen molar-refractivity contribution in [3.8, 4) is 11.3 Å². The summed E-state index contributed by atoms with van der Waals surface area (Å²) in [6.07, 6.45) is 1.30. The van der Waals surface area contributed by atoms with Crippen molar-refractivity contribution in [2.45, 2.75) is 25.0 Å². The van der Waals surface area contributed by atoms with E-state index in [0.717, 1.165) is 0 Å². The van der Waals surface area contributed by atoms with E-state index >= 15 is 4.39 Å². The zero-order valence-corrected chi connectivity index (χ0v) is 20.4. The third-order valence-corrected chi connectivity index (χ3v) is 6.84. The number of hydrogen-bond donors (Lipinski definition) is 1. The maximum atomic E-state index is 15.4. The smallest absolute Gasteiger partial charge is 0.409 e. The summed E-state index contributed by atoms with van der Waals surface area (Å²) in [5, 5.41) is 10.2. The number of rotatable bonds is 4. The molecule has 1 aromatic carbocycles. The highest BCUT2D eigenvalue weighted by molar-refractivity contribution is 6.30. The highest BCUT2D eigenvalue weighted by Crippen LogP contribution is 2.31. The van der Waals surface area contributed by atoms with Crippen LogP contribution in [0, 0.1) is 5.82 Å². The molecule has 0 unspecified atom stereocenters. The number of ether oxygens (including phenoxy) is 2. The Kier molecular flexibility index (Phi) is 6.83. The first kappa shape index (κ1) is 24.5. The number of carbonyl (C=O) groups is 2. The fraction of sp³-hybridized carbons (Fsp3) is 0.400. The quantitative estimate of drug-likeness (QED) is 0.572. The molecule has 190 valence electrons. The van der Waals surface area contributed by atoms with E-state index in [9.17, 15) is 14.7 Å². The Balaban J connectivity index is 1.48. The number of halogens is 2. The van der Waals surface area contributed by atoms with Gasteiger partial charge in [-0.3, -0.25) is 4.79 Å². The topological polar surface area (TPSA) is 96.6 Å². The molecule has 0 radical (unpaired) electrons. The van der Waals surface area contributed by atoms with E-state index in [1.165, 1.54) is 18.1 Å². The Bertz CT molecular complexity index is 1320. The number of morpholine rings is 1. The molecular formula is C25H26ClFN4O5. The van der Waals surface area contributed by atoms with Crippen LogP contribution in [0.1, 0.15) is 22.5 Å². The van der Waals surface area contributed by atoms with E-state index in [-0.39, 0.29) is 29.7 Å². The number of aliphatic hydroxyl groups is 1. The number of pyridine rings is 1. The predicted octanol–water partition coefficient (Wildman–Crippen LogP) is 3.01. The molecule has 11 heteroatoms. The number of fused-ring (bicyclic) bond motifs is 1. The van der Waals surface area contributed by atoms with Gasteiger partial charge in [0, 0.05) is 54.5 Å². The highest BCUT2D eigenvalue weighted by atomic mass is 35.5. The molecule has 2 fully saturated rings. The number of nitrogens with zero attached hydrogens (tertiary/aromatic N) is 4. The molecule has 1 N–H and O–H groups in total. The molecule has 2 saturated heterocycles. The summed E-state index contributed by atoms with van der Waals surface area (Å²) in [6, 6.07) is 7.73. The number of methoxy groups -OCH3 is 1. The molecule has 0 aliphatic carbocycles. The molecule has 5 rings (SSSR count). The van der Waals surface area contributed by atoms with E-state index in [2.05, 4.69) is 4.98 Å². The van der Waals surface area contributed by atoms with Gasteiger partial charge < -0.3 is 28.8 Å². The van der Waals surface area contributed by atoms with Gasteiger partial charge >= 0.3 is 6.09 Å². The molecule has 0 spiro atoms. The normalized spacial score (nSPS) is 20.2. The predicted molar refractivity (Wildman–Crippen MR) is 130 cm³/mol. The number of aliphatic hydroxyl groups excluding tert-OH is 1. The fourth-order valence-electron chi connectivity index (χ4n) is 4.78. The average Bonchev–Trinajstić information content (AvgIpc) is 3.46. The van der Waals surface area contributed by atoms with Crippen LogP contribution in [-0.2, 0) is 15.9 Å². The van der Waals surface area contributed by atoms with Crippen LogP contribution in [0.25, 0.3) is 16.9 Å². The summed E-state index contributed by atoms with van der Waals surface area (Å²) in [5.74, 6) is -0.908. The molecule has 36 heavy (non-hydrogen) atoms. The largest absolute Gasteiger partial charge is 0.453 e. The van der Waals surface area contributed by atoms with Crippen molar-refractivity contribution in [2.75, 3.05) is 39.9 Å². The van der Waals surface area contributed by atoms with Crippen LogP contribution >= 0.6 is 11.6 Å². The van der Waals surface area contributed by atoms with Crippen LogP contribution < -0.4 is 0 Å².